The first-order valence-corrected chi connectivity index (χ1v) is 14.3. The Morgan fingerprint density at radius 2 is 1.95 bits per heavy atom. The van der Waals surface area contributed by atoms with Crippen molar-refractivity contribution < 1.29 is 9.59 Å². The lowest BCUT2D eigenvalue weighted by molar-refractivity contribution is -0.122. The summed E-state index contributed by atoms with van der Waals surface area (Å²) in [6, 6.07) is 12.5. The third-order valence-electron chi connectivity index (χ3n) is 8.24. The van der Waals surface area contributed by atoms with Crippen LogP contribution < -0.4 is 16.0 Å². The Balaban J connectivity index is 1.24. The van der Waals surface area contributed by atoms with E-state index in [1.807, 2.05) is 26.0 Å². The average molecular weight is 561 g/mol. The van der Waals surface area contributed by atoms with Crippen LogP contribution in [-0.4, -0.2) is 53.4 Å². The number of aromatic nitrogens is 2. The fourth-order valence-electron chi connectivity index (χ4n) is 5.84. The van der Waals surface area contributed by atoms with E-state index < -0.39 is 5.41 Å². The summed E-state index contributed by atoms with van der Waals surface area (Å²) in [6.45, 7) is 8.33. The second-order valence-electron chi connectivity index (χ2n) is 11.3. The van der Waals surface area contributed by atoms with Crippen LogP contribution in [0.5, 0.6) is 0 Å². The zero-order chi connectivity index (χ0) is 28.4. The number of anilines is 3. The highest BCUT2D eigenvalue weighted by Gasteiger charge is 2.39. The zero-order valence-electron chi connectivity index (χ0n) is 23.6. The molecule has 0 saturated carbocycles. The minimum atomic E-state index is -0.569. The van der Waals surface area contributed by atoms with E-state index in [4.69, 9.17) is 16.6 Å². The molecule has 0 unspecified atom stereocenters. The number of carbonyl (C=O) groups is 2. The van der Waals surface area contributed by atoms with Crippen LogP contribution in [0.4, 0.5) is 17.3 Å². The number of benzene rings is 2. The number of nitrogens with zero attached hydrogens (tertiary/aromatic N) is 3. The quantitative estimate of drug-likeness (QED) is 0.353. The Labute approximate surface area is 240 Å². The molecule has 40 heavy (non-hydrogen) atoms. The molecule has 2 amide bonds. The Hall–Kier alpha value is -3.49. The van der Waals surface area contributed by atoms with Crippen LogP contribution >= 0.6 is 11.6 Å². The van der Waals surface area contributed by atoms with E-state index in [1.54, 1.807) is 13.2 Å². The van der Waals surface area contributed by atoms with Gasteiger partial charge in [-0.15, -0.1) is 0 Å². The van der Waals surface area contributed by atoms with Crippen molar-refractivity contribution >= 4 is 40.7 Å². The van der Waals surface area contributed by atoms with Gasteiger partial charge in [-0.05, 0) is 99.8 Å². The molecule has 3 heterocycles. The Morgan fingerprint density at radius 1 is 1.18 bits per heavy atom. The van der Waals surface area contributed by atoms with Gasteiger partial charge < -0.3 is 16.0 Å². The van der Waals surface area contributed by atoms with Gasteiger partial charge in [0, 0.05) is 18.4 Å². The van der Waals surface area contributed by atoms with Gasteiger partial charge in [-0.3, -0.25) is 14.5 Å². The highest BCUT2D eigenvalue weighted by Crippen LogP contribution is 2.40. The summed E-state index contributed by atoms with van der Waals surface area (Å²) < 4.78 is 0. The fourth-order valence-corrected chi connectivity index (χ4v) is 6.03. The van der Waals surface area contributed by atoms with E-state index in [2.05, 4.69) is 57.0 Å². The van der Waals surface area contributed by atoms with Gasteiger partial charge in [-0.1, -0.05) is 35.9 Å². The predicted molar refractivity (Wildman–Crippen MR) is 159 cm³/mol. The molecule has 8 nitrogen and oxygen atoms in total. The van der Waals surface area contributed by atoms with Gasteiger partial charge in [0.15, 0.2) is 0 Å². The first-order chi connectivity index (χ1) is 19.2. The van der Waals surface area contributed by atoms with E-state index in [0.717, 1.165) is 59.7 Å². The monoisotopic (exact) mass is 560 g/mol. The number of rotatable bonds is 8. The second kappa shape index (κ2) is 11.6. The molecule has 2 aliphatic rings. The van der Waals surface area contributed by atoms with Crippen molar-refractivity contribution in [3.63, 3.8) is 0 Å². The van der Waals surface area contributed by atoms with E-state index in [1.165, 1.54) is 5.56 Å². The summed E-state index contributed by atoms with van der Waals surface area (Å²) in [5.74, 6) is 1.09. The van der Waals surface area contributed by atoms with Crippen LogP contribution in [0.2, 0.25) is 5.02 Å². The highest BCUT2D eigenvalue weighted by atomic mass is 35.5. The number of likely N-dealkylation sites (N-methyl/N-ethyl adjacent to an activating group) is 1. The van der Waals surface area contributed by atoms with Crippen molar-refractivity contribution in [3.8, 4) is 0 Å². The van der Waals surface area contributed by atoms with Crippen molar-refractivity contribution in [2.75, 3.05) is 37.3 Å². The van der Waals surface area contributed by atoms with Crippen molar-refractivity contribution in [1.29, 1.82) is 0 Å². The number of fused-ring (bicyclic) bond motifs is 1. The maximum atomic E-state index is 12.5. The zero-order valence-corrected chi connectivity index (χ0v) is 24.4. The smallest absolute Gasteiger partial charge is 0.234 e. The van der Waals surface area contributed by atoms with Crippen molar-refractivity contribution in [1.82, 2.24) is 20.2 Å². The lowest BCUT2D eigenvalue weighted by atomic mass is 9.82. The molecule has 0 bridgehead atoms. The average Bonchev–Trinajstić information content (AvgIpc) is 3.18. The van der Waals surface area contributed by atoms with Gasteiger partial charge in [-0.25, -0.2) is 9.97 Å². The highest BCUT2D eigenvalue weighted by molar-refractivity contribution is 6.31. The predicted octanol–water partition coefficient (Wildman–Crippen LogP) is 5.12. The topological polar surface area (TPSA) is 99.3 Å². The van der Waals surface area contributed by atoms with Crippen molar-refractivity contribution in [2.24, 2.45) is 0 Å². The van der Waals surface area contributed by atoms with Gasteiger partial charge >= 0.3 is 0 Å². The molecule has 1 saturated heterocycles. The molecular weight excluding hydrogens is 524 g/mol. The van der Waals surface area contributed by atoms with E-state index in [9.17, 15) is 9.59 Å². The second-order valence-corrected chi connectivity index (χ2v) is 11.7. The lowest BCUT2D eigenvalue weighted by Gasteiger charge is -2.31. The number of aryl methyl sites for hydroxylation is 3. The Bertz CT molecular complexity index is 1430. The molecule has 3 N–H and O–H groups in total. The van der Waals surface area contributed by atoms with Gasteiger partial charge in [0.1, 0.15) is 0 Å². The standard InChI is InChI=1S/C31H37ClN6O2/c1-19-16-22(20-12-14-38(15-13-20)18-27(39)33-4)9-10-24(19)36-30-34-17-23(32)25(37-30)11-8-21-6-5-7-26-28(21)31(2,3)29(40)35-26/h5-7,9-10,16-17,20H,8,11-15,18H2,1-4H3,(H,33,39)(H,35,40)(H,34,36,37). The third kappa shape index (κ3) is 5.83. The summed E-state index contributed by atoms with van der Waals surface area (Å²) in [5.41, 5.74) is 6.67. The van der Waals surface area contributed by atoms with Gasteiger partial charge in [0.25, 0.3) is 0 Å². The molecule has 0 radical (unpaired) electrons. The molecule has 2 aliphatic heterocycles. The SMILES string of the molecule is CNC(=O)CN1CCC(c2ccc(Nc3ncc(Cl)c(CCc4cccc5c4C(C)(C)C(=O)N5)n3)c(C)c2)CC1. The van der Waals surface area contributed by atoms with Crippen LogP contribution in [0.3, 0.4) is 0 Å². The first-order valence-electron chi connectivity index (χ1n) is 13.9. The van der Waals surface area contributed by atoms with E-state index >= 15 is 0 Å². The number of hydrogen-bond donors (Lipinski definition) is 3. The molecule has 2 aromatic carbocycles. The number of halogens is 1. The van der Waals surface area contributed by atoms with Crippen LogP contribution in [0.25, 0.3) is 0 Å². The molecule has 3 aromatic rings. The summed E-state index contributed by atoms with van der Waals surface area (Å²) in [6.07, 6.45) is 5.07. The van der Waals surface area contributed by atoms with Gasteiger partial charge in [0.05, 0.1) is 28.9 Å². The number of likely N-dealkylation sites (tertiary alicyclic amines) is 1. The van der Waals surface area contributed by atoms with E-state index in [-0.39, 0.29) is 11.8 Å². The lowest BCUT2D eigenvalue weighted by Crippen LogP contribution is -2.40. The number of piperidine rings is 1. The summed E-state index contributed by atoms with van der Waals surface area (Å²) in [7, 11) is 1.68. The van der Waals surface area contributed by atoms with E-state index in [0.29, 0.717) is 36.3 Å². The van der Waals surface area contributed by atoms with Crippen LogP contribution in [-0.2, 0) is 27.8 Å². The van der Waals surface area contributed by atoms with Crippen LogP contribution in [0, 0.1) is 6.92 Å². The van der Waals surface area contributed by atoms with Crippen molar-refractivity contribution in [3.05, 3.63) is 75.6 Å². The Morgan fingerprint density at radius 3 is 2.67 bits per heavy atom. The summed E-state index contributed by atoms with van der Waals surface area (Å²) in [5, 5.41) is 9.61. The maximum absolute atomic E-state index is 12.5. The molecular formula is C31H37ClN6O2. The van der Waals surface area contributed by atoms with Crippen molar-refractivity contribution in [2.45, 2.75) is 57.8 Å². The molecule has 1 aromatic heterocycles. The normalized spacial score (nSPS) is 16.9. The Kier molecular flexibility index (Phi) is 8.10. The number of nitrogens with one attached hydrogen (secondary N) is 3. The number of hydrogen-bond acceptors (Lipinski definition) is 6. The minimum absolute atomic E-state index is 0.0226. The molecule has 1 fully saturated rings. The number of amides is 2. The molecule has 9 heteroatoms. The first kappa shape index (κ1) is 28.1. The third-order valence-corrected chi connectivity index (χ3v) is 8.56. The molecule has 0 atom stereocenters. The van der Waals surface area contributed by atoms with Crippen LogP contribution in [0.15, 0.2) is 42.6 Å². The number of carbonyl (C=O) groups excluding carboxylic acids is 2. The maximum Gasteiger partial charge on any atom is 0.234 e. The summed E-state index contributed by atoms with van der Waals surface area (Å²) in [4.78, 5) is 35.5. The van der Waals surface area contributed by atoms with Crippen LogP contribution in [0.1, 0.15) is 60.6 Å². The molecule has 0 spiro atoms. The van der Waals surface area contributed by atoms with Gasteiger partial charge in [0.2, 0.25) is 17.8 Å². The minimum Gasteiger partial charge on any atom is -0.358 e. The largest absolute Gasteiger partial charge is 0.358 e. The van der Waals surface area contributed by atoms with Gasteiger partial charge in [-0.2, -0.15) is 0 Å². The summed E-state index contributed by atoms with van der Waals surface area (Å²) >= 11 is 6.50. The molecule has 0 aliphatic carbocycles. The molecule has 210 valence electrons. The molecule has 5 rings (SSSR count). The fraction of sp³-hybridized carbons (Fsp3) is 0.419.